The molecule has 0 spiro atoms. The Morgan fingerprint density at radius 3 is 2.94 bits per heavy atom. The van der Waals surface area contributed by atoms with Crippen molar-refractivity contribution in [3.8, 4) is 23.4 Å². The Morgan fingerprint density at radius 2 is 2.28 bits per heavy atom. The van der Waals surface area contributed by atoms with Crippen molar-refractivity contribution in [3.63, 3.8) is 0 Å². The molecule has 0 fully saturated rings. The van der Waals surface area contributed by atoms with Gasteiger partial charge in [-0.2, -0.15) is 5.26 Å². The summed E-state index contributed by atoms with van der Waals surface area (Å²) in [5.74, 6) is 0.975. The van der Waals surface area contributed by atoms with E-state index in [4.69, 9.17) is 9.68 Å². The number of nitrogens with zero attached hydrogens (tertiary/aromatic N) is 3. The smallest absolute Gasteiger partial charge is 0.197 e. The van der Waals surface area contributed by atoms with E-state index >= 15 is 0 Å². The molecule has 0 amide bonds. The summed E-state index contributed by atoms with van der Waals surface area (Å²) >= 11 is 1.15. The molecule has 3 heterocycles. The van der Waals surface area contributed by atoms with Gasteiger partial charge in [0.15, 0.2) is 17.3 Å². The average Bonchev–Trinajstić information content (AvgIpc) is 2.97. The fourth-order valence-corrected chi connectivity index (χ4v) is 2.66. The van der Waals surface area contributed by atoms with Gasteiger partial charge in [-0.15, -0.1) is 11.3 Å². The molecule has 0 saturated heterocycles. The summed E-state index contributed by atoms with van der Waals surface area (Å²) in [6.07, 6.45) is 1.55. The van der Waals surface area contributed by atoms with Gasteiger partial charge < -0.3 is 9.52 Å². The predicted molar refractivity (Wildman–Crippen MR) is 66.2 cm³/mol. The molecule has 0 radical (unpaired) electrons. The summed E-state index contributed by atoms with van der Waals surface area (Å²) in [4.78, 5) is 9.43. The van der Waals surface area contributed by atoms with Crippen molar-refractivity contribution >= 4 is 21.6 Å². The first-order valence-corrected chi connectivity index (χ1v) is 5.96. The first kappa shape index (κ1) is 10.7. The van der Waals surface area contributed by atoms with Crippen LogP contribution in [0.15, 0.2) is 22.8 Å². The highest BCUT2D eigenvalue weighted by Crippen LogP contribution is 2.37. The topological polar surface area (TPSA) is 82.9 Å². The molecule has 0 saturated carbocycles. The molecule has 0 aliphatic heterocycles. The Hall–Kier alpha value is -2.39. The quantitative estimate of drug-likeness (QED) is 0.724. The molecule has 6 heteroatoms. The lowest BCUT2D eigenvalue weighted by atomic mass is 10.2. The van der Waals surface area contributed by atoms with Crippen LogP contribution < -0.4 is 0 Å². The van der Waals surface area contributed by atoms with Gasteiger partial charge in [0.1, 0.15) is 15.8 Å². The van der Waals surface area contributed by atoms with Crippen LogP contribution in [0.25, 0.3) is 21.8 Å². The van der Waals surface area contributed by atoms with Gasteiger partial charge in [0.2, 0.25) is 0 Å². The maximum atomic E-state index is 9.88. The van der Waals surface area contributed by atoms with Crippen LogP contribution in [0.2, 0.25) is 0 Å². The van der Waals surface area contributed by atoms with E-state index < -0.39 is 0 Å². The molecule has 0 unspecified atom stereocenters. The molecule has 18 heavy (non-hydrogen) atoms. The molecule has 3 rings (SSSR count). The van der Waals surface area contributed by atoms with Crippen molar-refractivity contribution < 1.29 is 9.52 Å². The maximum absolute atomic E-state index is 9.88. The fraction of sp³-hybridized carbons (Fsp3) is 0.0833. The molecule has 0 aliphatic carbocycles. The van der Waals surface area contributed by atoms with Gasteiger partial charge in [0, 0.05) is 0 Å². The largest absolute Gasteiger partial charge is 0.505 e. The second kappa shape index (κ2) is 3.82. The van der Waals surface area contributed by atoms with Gasteiger partial charge in [-0.3, -0.25) is 0 Å². The van der Waals surface area contributed by atoms with Crippen molar-refractivity contribution in [2.75, 3.05) is 0 Å². The van der Waals surface area contributed by atoms with E-state index in [1.807, 2.05) is 6.07 Å². The van der Waals surface area contributed by atoms with Gasteiger partial charge in [-0.25, -0.2) is 9.97 Å². The Morgan fingerprint density at radius 1 is 1.44 bits per heavy atom. The van der Waals surface area contributed by atoms with Crippen LogP contribution in [0, 0.1) is 18.3 Å². The van der Waals surface area contributed by atoms with Crippen LogP contribution in [0.3, 0.4) is 0 Å². The molecular formula is C12H7N3O2S. The second-order valence-electron chi connectivity index (χ2n) is 3.68. The Bertz CT molecular complexity index is 769. The van der Waals surface area contributed by atoms with E-state index in [1.54, 1.807) is 25.3 Å². The van der Waals surface area contributed by atoms with Gasteiger partial charge >= 0.3 is 0 Å². The molecule has 0 bridgehead atoms. The van der Waals surface area contributed by atoms with Crippen LogP contribution in [-0.4, -0.2) is 15.1 Å². The molecule has 0 aliphatic rings. The van der Waals surface area contributed by atoms with Crippen molar-refractivity contribution in [3.05, 3.63) is 29.0 Å². The van der Waals surface area contributed by atoms with E-state index in [9.17, 15) is 5.11 Å². The Balaban J connectivity index is 2.32. The van der Waals surface area contributed by atoms with Crippen LogP contribution in [0.5, 0.6) is 5.75 Å². The number of hydrogen-bond acceptors (Lipinski definition) is 6. The zero-order chi connectivity index (χ0) is 12.7. The third kappa shape index (κ3) is 1.45. The molecule has 0 aromatic carbocycles. The molecule has 5 nitrogen and oxygen atoms in total. The Labute approximate surface area is 106 Å². The third-order valence-corrected chi connectivity index (χ3v) is 3.53. The highest BCUT2D eigenvalue weighted by molar-refractivity contribution is 7.19. The number of aromatic hydroxyl groups is 1. The highest BCUT2D eigenvalue weighted by Gasteiger charge is 2.17. The lowest BCUT2D eigenvalue weighted by Crippen LogP contribution is -1.90. The molecule has 88 valence electrons. The van der Waals surface area contributed by atoms with Crippen molar-refractivity contribution in [1.82, 2.24) is 9.97 Å². The monoisotopic (exact) mass is 257 g/mol. The Kier molecular flexibility index (Phi) is 2.28. The standard InChI is InChI=1S/C12H7N3O2S/c1-6-9-10(16)8(5-13)18-12(9)15-11(14-6)7-3-2-4-17-7/h2-4,16H,1H3. The normalized spacial score (nSPS) is 10.7. The summed E-state index contributed by atoms with van der Waals surface area (Å²) in [5, 5.41) is 19.3. The second-order valence-corrected chi connectivity index (χ2v) is 4.68. The first-order valence-electron chi connectivity index (χ1n) is 5.15. The molecule has 0 atom stereocenters. The van der Waals surface area contributed by atoms with Crippen LogP contribution in [0.1, 0.15) is 10.6 Å². The molecule has 1 N–H and O–H groups in total. The van der Waals surface area contributed by atoms with Gasteiger partial charge in [0.25, 0.3) is 0 Å². The van der Waals surface area contributed by atoms with Crippen molar-refractivity contribution in [1.29, 1.82) is 5.26 Å². The van der Waals surface area contributed by atoms with Gasteiger partial charge in [0.05, 0.1) is 17.3 Å². The third-order valence-electron chi connectivity index (χ3n) is 2.55. The first-order chi connectivity index (χ1) is 8.70. The van der Waals surface area contributed by atoms with Crippen LogP contribution >= 0.6 is 11.3 Å². The number of fused-ring (bicyclic) bond motifs is 1. The zero-order valence-corrected chi connectivity index (χ0v) is 10.2. The number of thiophene rings is 1. The number of aromatic nitrogens is 2. The van der Waals surface area contributed by atoms with E-state index in [1.165, 1.54) is 0 Å². The van der Waals surface area contributed by atoms with Gasteiger partial charge in [-0.1, -0.05) is 0 Å². The zero-order valence-electron chi connectivity index (χ0n) is 9.34. The van der Waals surface area contributed by atoms with E-state index in [2.05, 4.69) is 9.97 Å². The molecule has 3 aromatic heterocycles. The van der Waals surface area contributed by atoms with Crippen molar-refractivity contribution in [2.45, 2.75) is 6.92 Å². The van der Waals surface area contributed by atoms with E-state index in [-0.39, 0.29) is 10.6 Å². The van der Waals surface area contributed by atoms with Crippen LogP contribution in [0.4, 0.5) is 0 Å². The SMILES string of the molecule is Cc1nc(-c2ccco2)nc2sc(C#N)c(O)c12. The predicted octanol–water partition coefficient (Wildman–Crippen LogP) is 2.84. The summed E-state index contributed by atoms with van der Waals surface area (Å²) in [6, 6.07) is 5.46. The van der Waals surface area contributed by atoms with Crippen molar-refractivity contribution in [2.24, 2.45) is 0 Å². The summed E-state index contributed by atoms with van der Waals surface area (Å²) in [6.45, 7) is 1.77. The number of hydrogen-bond donors (Lipinski definition) is 1. The number of aryl methyl sites for hydroxylation is 1. The fourth-order valence-electron chi connectivity index (χ4n) is 1.74. The summed E-state index contributed by atoms with van der Waals surface area (Å²) < 4.78 is 5.24. The number of rotatable bonds is 1. The highest BCUT2D eigenvalue weighted by atomic mass is 32.1. The van der Waals surface area contributed by atoms with Gasteiger partial charge in [-0.05, 0) is 19.1 Å². The van der Waals surface area contributed by atoms with E-state index in [0.717, 1.165) is 11.3 Å². The number of furan rings is 1. The number of nitriles is 1. The van der Waals surface area contributed by atoms with E-state index in [0.29, 0.717) is 27.5 Å². The minimum atomic E-state index is -0.0407. The van der Waals surface area contributed by atoms with Crippen LogP contribution in [-0.2, 0) is 0 Å². The lowest BCUT2D eigenvalue weighted by molar-refractivity contribution is 0.481. The summed E-state index contributed by atoms with van der Waals surface area (Å²) in [5.41, 5.74) is 0.627. The minimum Gasteiger partial charge on any atom is -0.505 e. The maximum Gasteiger partial charge on any atom is 0.197 e. The average molecular weight is 257 g/mol. The summed E-state index contributed by atoms with van der Waals surface area (Å²) in [7, 11) is 0. The lowest BCUT2D eigenvalue weighted by Gasteiger charge is -1.99. The molecule has 3 aromatic rings. The minimum absolute atomic E-state index is 0.0407. The molecular weight excluding hydrogens is 250 g/mol.